The Kier molecular flexibility index (Phi) is 8.68. The molecule has 1 aliphatic heterocycles. The van der Waals surface area contributed by atoms with Crippen LogP contribution in [-0.4, -0.2) is 46.4 Å². The number of hydrogen-bond acceptors (Lipinski definition) is 3. The molecule has 1 aromatic rings. The predicted octanol–water partition coefficient (Wildman–Crippen LogP) is 2.39. The molecule has 1 aliphatic rings. The number of fused-ring (bicyclic) bond motifs is 1. The van der Waals surface area contributed by atoms with Gasteiger partial charge in [-0.3, -0.25) is 4.99 Å². The Morgan fingerprint density at radius 1 is 1.43 bits per heavy atom. The van der Waals surface area contributed by atoms with Gasteiger partial charge in [-0.2, -0.15) is 0 Å². The van der Waals surface area contributed by atoms with Crippen LogP contribution in [0.1, 0.15) is 24.5 Å². The molecule has 0 amide bonds. The Morgan fingerprint density at radius 3 is 2.91 bits per heavy atom. The number of nitrogens with zero attached hydrogens (tertiary/aromatic N) is 2. The highest BCUT2D eigenvalue weighted by Crippen LogP contribution is 2.26. The normalized spacial score (nSPS) is 15.5. The van der Waals surface area contributed by atoms with Gasteiger partial charge in [0.25, 0.3) is 0 Å². The van der Waals surface area contributed by atoms with Crippen LogP contribution >= 0.6 is 24.0 Å². The molecule has 0 aliphatic carbocycles. The lowest BCUT2D eigenvalue weighted by atomic mass is 9.99. The molecule has 0 saturated heterocycles. The summed E-state index contributed by atoms with van der Waals surface area (Å²) in [6.45, 7) is 4.66. The van der Waals surface area contributed by atoms with Crippen LogP contribution in [0.15, 0.2) is 23.2 Å². The van der Waals surface area contributed by atoms with Crippen LogP contribution in [0.2, 0.25) is 0 Å². The third kappa shape index (κ3) is 5.84. The molecule has 0 spiro atoms. The molecule has 6 heteroatoms. The van der Waals surface area contributed by atoms with Crippen molar-refractivity contribution < 1.29 is 4.74 Å². The minimum absolute atomic E-state index is 0. The van der Waals surface area contributed by atoms with E-state index in [0.29, 0.717) is 6.61 Å². The van der Waals surface area contributed by atoms with E-state index in [-0.39, 0.29) is 30.0 Å². The second-order valence-electron chi connectivity index (χ2n) is 5.91. The van der Waals surface area contributed by atoms with Gasteiger partial charge in [-0.05, 0) is 37.0 Å². The Hall–Kier alpha value is -1.02. The van der Waals surface area contributed by atoms with Gasteiger partial charge in [-0.1, -0.05) is 12.1 Å². The van der Waals surface area contributed by atoms with Crippen LogP contribution in [0.5, 0.6) is 0 Å². The molecular weight excluding hydrogens is 403 g/mol. The maximum Gasteiger partial charge on any atom is 0.191 e. The smallest absolute Gasteiger partial charge is 0.191 e. The molecule has 1 heterocycles. The fourth-order valence-electron chi connectivity index (χ4n) is 2.85. The van der Waals surface area contributed by atoms with Gasteiger partial charge in [0.15, 0.2) is 5.96 Å². The van der Waals surface area contributed by atoms with E-state index in [9.17, 15) is 0 Å². The molecule has 0 radical (unpaired) electrons. The number of nitrogens with one attached hydrogen (secondary N) is 2. The van der Waals surface area contributed by atoms with Gasteiger partial charge in [0, 0.05) is 46.0 Å². The zero-order chi connectivity index (χ0) is 15.9. The summed E-state index contributed by atoms with van der Waals surface area (Å²) < 4.78 is 5.13. The Bertz CT molecular complexity index is 521. The zero-order valence-corrected chi connectivity index (χ0v) is 16.9. The first-order valence-electron chi connectivity index (χ1n) is 7.93. The van der Waals surface area contributed by atoms with E-state index in [0.717, 1.165) is 19.0 Å². The van der Waals surface area contributed by atoms with Crippen LogP contribution in [0.4, 0.5) is 5.69 Å². The van der Waals surface area contributed by atoms with Gasteiger partial charge in [-0.25, -0.2) is 0 Å². The van der Waals surface area contributed by atoms with E-state index < -0.39 is 0 Å². The summed E-state index contributed by atoms with van der Waals surface area (Å²) >= 11 is 0. The summed E-state index contributed by atoms with van der Waals surface area (Å²) in [5.74, 6) is 0.805. The number of guanidine groups is 1. The van der Waals surface area contributed by atoms with Crippen molar-refractivity contribution in [3.8, 4) is 0 Å². The third-order valence-electron chi connectivity index (χ3n) is 3.98. The van der Waals surface area contributed by atoms with Gasteiger partial charge < -0.3 is 20.3 Å². The number of ether oxygens (including phenoxy) is 1. The second kappa shape index (κ2) is 9.97. The predicted molar refractivity (Wildman–Crippen MR) is 108 cm³/mol. The molecule has 1 aromatic carbocycles. The minimum Gasteiger partial charge on any atom is -0.383 e. The molecule has 130 valence electrons. The molecule has 2 rings (SSSR count). The van der Waals surface area contributed by atoms with E-state index in [1.807, 2.05) is 0 Å². The standard InChI is InChI=1S/C17H28N4O.HI/c1-13(12-22-4)20-17(18-2)19-11-14-7-8-16-15(10-14)6-5-9-21(16)3;/h7-8,10,13H,5-6,9,11-12H2,1-4H3,(H2,18,19,20);1H. The molecule has 0 fully saturated rings. The summed E-state index contributed by atoms with van der Waals surface area (Å²) in [6, 6.07) is 6.96. The van der Waals surface area contributed by atoms with E-state index in [4.69, 9.17) is 4.74 Å². The van der Waals surface area contributed by atoms with Crippen LogP contribution in [0.3, 0.4) is 0 Å². The van der Waals surface area contributed by atoms with E-state index in [2.05, 4.69) is 52.7 Å². The number of aliphatic imine (C=N–C) groups is 1. The quantitative estimate of drug-likeness (QED) is 0.426. The third-order valence-corrected chi connectivity index (χ3v) is 3.98. The molecule has 1 atom stereocenters. The highest BCUT2D eigenvalue weighted by molar-refractivity contribution is 14.0. The largest absolute Gasteiger partial charge is 0.383 e. The summed E-state index contributed by atoms with van der Waals surface area (Å²) in [6.07, 6.45) is 2.41. The number of halogens is 1. The molecule has 0 bridgehead atoms. The van der Waals surface area contributed by atoms with Gasteiger partial charge >= 0.3 is 0 Å². The molecule has 0 saturated carbocycles. The summed E-state index contributed by atoms with van der Waals surface area (Å²) in [7, 11) is 5.66. The van der Waals surface area contributed by atoms with E-state index in [1.54, 1.807) is 14.2 Å². The lowest BCUT2D eigenvalue weighted by Crippen LogP contribution is -2.43. The van der Waals surface area contributed by atoms with Gasteiger partial charge in [0.1, 0.15) is 0 Å². The Morgan fingerprint density at radius 2 is 2.22 bits per heavy atom. The van der Waals surface area contributed by atoms with Crippen molar-refractivity contribution in [2.45, 2.75) is 32.4 Å². The van der Waals surface area contributed by atoms with Crippen LogP contribution in [0.25, 0.3) is 0 Å². The van der Waals surface area contributed by atoms with Crippen molar-refractivity contribution in [1.82, 2.24) is 10.6 Å². The number of anilines is 1. The molecule has 23 heavy (non-hydrogen) atoms. The number of methoxy groups -OCH3 is 1. The van der Waals surface area contributed by atoms with E-state index in [1.165, 1.54) is 29.7 Å². The molecular formula is C17H29IN4O. The van der Waals surface area contributed by atoms with Gasteiger partial charge in [0.05, 0.1) is 6.61 Å². The number of rotatable bonds is 5. The fraction of sp³-hybridized carbons (Fsp3) is 0.588. The minimum atomic E-state index is 0. The summed E-state index contributed by atoms with van der Waals surface area (Å²) in [5, 5.41) is 6.68. The first-order valence-corrected chi connectivity index (χ1v) is 7.93. The fourth-order valence-corrected chi connectivity index (χ4v) is 2.85. The number of hydrogen-bond donors (Lipinski definition) is 2. The summed E-state index contributed by atoms with van der Waals surface area (Å²) in [4.78, 5) is 6.59. The van der Waals surface area contributed by atoms with Crippen molar-refractivity contribution in [3.63, 3.8) is 0 Å². The van der Waals surface area contributed by atoms with Crippen LogP contribution in [-0.2, 0) is 17.7 Å². The van der Waals surface area contributed by atoms with Crippen molar-refractivity contribution >= 4 is 35.6 Å². The lowest BCUT2D eigenvalue weighted by Gasteiger charge is -2.28. The van der Waals surface area contributed by atoms with E-state index >= 15 is 0 Å². The van der Waals surface area contributed by atoms with Gasteiger partial charge in [0.2, 0.25) is 0 Å². The zero-order valence-electron chi connectivity index (χ0n) is 14.6. The van der Waals surface area contributed by atoms with Crippen molar-refractivity contribution in [2.75, 3.05) is 39.3 Å². The SMILES string of the molecule is CN=C(NCc1ccc2c(c1)CCCN2C)NC(C)COC.I. The van der Waals surface area contributed by atoms with Crippen LogP contribution in [0, 0.1) is 0 Å². The maximum absolute atomic E-state index is 5.13. The lowest BCUT2D eigenvalue weighted by molar-refractivity contribution is 0.179. The average molecular weight is 432 g/mol. The second-order valence-corrected chi connectivity index (χ2v) is 5.91. The molecule has 2 N–H and O–H groups in total. The highest BCUT2D eigenvalue weighted by atomic mass is 127. The van der Waals surface area contributed by atoms with Crippen molar-refractivity contribution in [3.05, 3.63) is 29.3 Å². The maximum atomic E-state index is 5.13. The van der Waals surface area contributed by atoms with Crippen molar-refractivity contribution in [1.29, 1.82) is 0 Å². The number of aryl methyl sites for hydroxylation is 1. The molecule has 1 unspecified atom stereocenters. The van der Waals surface area contributed by atoms with Crippen LogP contribution < -0.4 is 15.5 Å². The molecule has 5 nitrogen and oxygen atoms in total. The highest BCUT2D eigenvalue weighted by Gasteiger charge is 2.13. The topological polar surface area (TPSA) is 48.9 Å². The van der Waals surface area contributed by atoms with Crippen molar-refractivity contribution in [2.24, 2.45) is 4.99 Å². The monoisotopic (exact) mass is 432 g/mol. The average Bonchev–Trinajstić information content (AvgIpc) is 2.51. The Labute approximate surface area is 156 Å². The molecule has 0 aromatic heterocycles. The first-order chi connectivity index (χ1) is 10.6. The summed E-state index contributed by atoms with van der Waals surface area (Å²) in [5.41, 5.74) is 4.10. The Balaban J connectivity index is 0.00000264. The van der Waals surface area contributed by atoms with Gasteiger partial charge in [-0.15, -0.1) is 24.0 Å². The first kappa shape index (κ1) is 20.0. The number of benzene rings is 1.